The van der Waals surface area contributed by atoms with E-state index in [9.17, 15) is 4.79 Å². The standard InChI is InChI=1S/C25H26ClN3O2.C2H6/c1-5-10-19(6-2)23-22(24(30)28(3)17-18-13-15-20(26)16-14-18)25(31-4)29(27-23)21-11-8-7-9-12-21;1-2/h5-16H,17H2,1-4H3;1-2H3/b10-5-,19-6+;. The largest absolute Gasteiger partial charge is 0.480 e. The average Bonchev–Trinajstić information content (AvgIpc) is 3.24. The molecule has 3 rings (SSSR count). The molecule has 0 saturated heterocycles. The van der Waals surface area contributed by atoms with Gasteiger partial charge in [-0.3, -0.25) is 4.79 Å². The van der Waals surface area contributed by atoms with Gasteiger partial charge in [0.15, 0.2) is 0 Å². The summed E-state index contributed by atoms with van der Waals surface area (Å²) in [6.07, 6.45) is 5.80. The molecule has 1 amide bonds. The van der Waals surface area contributed by atoms with Gasteiger partial charge < -0.3 is 9.64 Å². The van der Waals surface area contributed by atoms with Crippen LogP contribution >= 0.6 is 11.6 Å². The van der Waals surface area contributed by atoms with Crippen LogP contribution in [0.25, 0.3) is 11.3 Å². The Morgan fingerprint density at radius 3 is 2.27 bits per heavy atom. The van der Waals surface area contributed by atoms with Crippen molar-refractivity contribution in [3.8, 4) is 11.6 Å². The number of allylic oxidation sites excluding steroid dienone is 4. The molecular formula is C27H32ClN3O2. The van der Waals surface area contributed by atoms with E-state index < -0.39 is 0 Å². The van der Waals surface area contributed by atoms with Crippen molar-refractivity contribution < 1.29 is 9.53 Å². The summed E-state index contributed by atoms with van der Waals surface area (Å²) < 4.78 is 7.38. The number of nitrogens with zero attached hydrogens (tertiary/aromatic N) is 3. The lowest BCUT2D eigenvalue weighted by Gasteiger charge is -2.18. The van der Waals surface area contributed by atoms with Crippen LogP contribution in [0.5, 0.6) is 5.88 Å². The van der Waals surface area contributed by atoms with Gasteiger partial charge in [-0.25, -0.2) is 0 Å². The molecule has 0 fully saturated rings. The topological polar surface area (TPSA) is 47.4 Å². The van der Waals surface area contributed by atoms with Gasteiger partial charge >= 0.3 is 0 Å². The number of carbonyl (C=O) groups excluding carboxylic acids is 1. The van der Waals surface area contributed by atoms with Gasteiger partial charge in [0, 0.05) is 18.6 Å². The fourth-order valence-corrected chi connectivity index (χ4v) is 3.47. The van der Waals surface area contributed by atoms with Crippen LogP contribution in [0.15, 0.2) is 72.8 Å². The lowest BCUT2D eigenvalue weighted by Crippen LogP contribution is -2.27. The second kappa shape index (κ2) is 12.7. The summed E-state index contributed by atoms with van der Waals surface area (Å²) in [6, 6.07) is 17.1. The third-order valence-corrected chi connectivity index (χ3v) is 5.11. The van der Waals surface area contributed by atoms with E-state index >= 15 is 0 Å². The van der Waals surface area contributed by atoms with Crippen molar-refractivity contribution >= 4 is 23.1 Å². The second-order valence-corrected chi connectivity index (χ2v) is 7.45. The van der Waals surface area contributed by atoms with Gasteiger partial charge in [0.1, 0.15) is 11.3 Å². The van der Waals surface area contributed by atoms with E-state index in [0.29, 0.717) is 28.7 Å². The highest BCUT2D eigenvalue weighted by Gasteiger charge is 2.29. The predicted octanol–water partition coefficient (Wildman–Crippen LogP) is 6.81. The number of amides is 1. The Bertz CT molecular complexity index is 1100. The van der Waals surface area contributed by atoms with Crippen LogP contribution in [0.3, 0.4) is 0 Å². The molecule has 0 aliphatic heterocycles. The zero-order valence-corrected chi connectivity index (χ0v) is 20.9. The number of rotatable bonds is 7. The first-order valence-corrected chi connectivity index (χ1v) is 11.4. The zero-order chi connectivity index (χ0) is 24.4. The molecule has 0 aliphatic carbocycles. The fraction of sp³-hybridized carbons (Fsp3) is 0.259. The van der Waals surface area contributed by atoms with Crippen molar-refractivity contribution in [2.75, 3.05) is 14.2 Å². The molecule has 0 aliphatic rings. The van der Waals surface area contributed by atoms with Gasteiger partial charge in [0.2, 0.25) is 5.88 Å². The number of methoxy groups -OCH3 is 1. The van der Waals surface area contributed by atoms with Crippen molar-refractivity contribution in [2.24, 2.45) is 0 Å². The molecule has 3 aromatic rings. The van der Waals surface area contributed by atoms with Crippen molar-refractivity contribution in [1.29, 1.82) is 0 Å². The molecule has 33 heavy (non-hydrogen) atoms. The lowest BCUT2D eigenvalue weighted by molar-refractivity contribution is 0.0781. The zero-order valence-electron chi connectivity index (χ0n) is 20.2. The molecule has 0 saturated carbocycles. The van der Waals surface area contributed by atoms with Crippen LogP contribution in [0, 0.1) is 0 Å². The molecule has 6 heteroatoms. The lowest BCUT2D eigenvalue weighted by atomic mass is 10.1. The smallest absolute Gasteiger partial charge is 0.261 e. The minimum Gasteiger partial charge on any atom is -0.480 e. The van der Waals surface area contributed by atoms with Crippen molar-refractivity contribution in [3.63, 3.8) is 0 Å². The molecule has 0 atom stereocenters. The molecule has 0 spiro atoms. The second-order valence-electron chi connectivity index (χ2n) is 7.01. The highest BCUT2D eigenvalue weighted by molar-refractivity contribution is 6.30. The number of carbonyl (C=O) groups is 1. The Morgan fingerprint density at radius 2 is 1.73 bits per heavy atom. The van der Waals surface area contributed by atoms with Crippen molar-refractivity contribution in [3.05, 3.63) is 94.7 Å². The summed E-state index contributed by atoms with van der Waals surface area (Å²) in [7, 11) is 3.33. The molecule has 1 aromatic heterocycles. The molecule has 5 nitrogen and oxygen atoms in total. The van der Waals surface area contributed by atoms with Crippen LogP contribution in [0.4, 0.5) is 0 Å². The molecular weight excluding hydrogens is 434 g/mol. The van der Waals surface area contributed by atoms with Gasteiger partial charge in [-0.15, -0.1) is 0 Å². The first kappa shape index (κ1) is 25.9. The van der Waals surface area contributed by atoms with E-state index in [4.69, 9.17) is 21.4 Å². The number of ether oxygens (including phenoxy) is 1. The highest BCUT2D eigenvalue weighted by Crippen LogP contribution is 2.32. The number of hydrogen-bond donors (Lipinski definition) is 0. The molecule has 0 radical (unpaired) electrons. The third-order valence-electron chi connectivity index (χ3n) is 4.86. The van der Waals surface area contributed by atoms with E-state index in [1.165, 1.54) is 0 Å². The highest BCUT2D eigenvalue weighted by atomic mass is 35.5. The number of hydrogen-bond acceptors (Lipinski definition) is 3. The SMILES string of the molecule is C/C=C\C(=C/C)c1nn(-c2ccccc2)c(OC)c1C(=O)N(C)Cc1ccc(Cl)cc1.CC. The molecule has 0 N–H and O–H groups in total. The molecule has 0 bridgehead atoms. The van der Waals surface area contributed by atoms with Crippen LogP contribution in [0.1, 0.15) is 49.3 Å². The minimum atomic E-state index is -0.173. The quantitative estimate of drug-likeness (QED) is 0.360. The normalized spacial score (nSPS) is 11.2. The van der Waals surface area contributed by atoms with Crippen LogP contribution < -0.4 is 4.74 Å². The number of para-hydroxylation sites is 1. The van der Waals surface area contributed by atoms with Gasteiger partial charge in [-0.2, -0.15) is 9.78 Å². The Morgan fingerprint density at radius 1 is 1.09 bits per heavy atom. The monoisotopic (exact) mass is 465 g/mol. The first-order valence-electron chi connectivity index (χ1n) is 11.0. The maximum atomic E-state index is 13.6. The maximum Gasteiger partial charge on any atom is 0.261 e. The van der Waals surface area contributed by atoms with Gasteiger partial charge in [-0.05, 0) is 49.2 Å². The van der Waals surface area contributed by atoms with E-state index in [2.05, 4.69) is 0 Å². The molecule has 0 unspecified atom stereocenters. The summed E-state index contributed by atoms with van der Waals surface area (Å²) in [4.78, 5) is 15.3. The molecule has 2 aromatic carbocycles. The van der Waals surface area contributed by atoms with Crippen LogP contribution in [-0.4, -0.2) is 34.7 Å². The van der Waals surface area contributed by atoms with E-state index in [0.717, 1.165) is 16.8 Å². The van der Waals surface area contributed by atoms with E-state index in [1.54, 1.807) is 23.7 Å². The number of aromatic nitrogens is 2. The first-order chi connectivity index (χ1) is 16.0. The van der Waals surface area contributed by atoms with E-state index in [-0.39, 0.29) is 5.91 Å². The summed E-state index contributed by atoms with van der Waals surface area (Å²) >= 11 is 5.99. The van der Waals surface area contributed by atoms with Crippen molar-refractivity contribution in [2.45, 2.75) is 34.2 Å². The average molecular weight is 466 g/mol. The molecule has 1 heterocycles. The fourth-order valence-electron chi connectivity index (χ4n) is 3.35. The van der Waals surface area contributed by atoms with Crippen LogP contribution in [-0.2, 0) is 6.54 Å². The Balaban J connectivity index is 0.00000187. The van der Waals surface area contributed by atoms with E-state index in [1.807, 2.05) is 101 Å². The predicted molar refractivity (Wildman–Crippen MR) is 137 cm³/mol. The maximum absolute atomic E-state index is 13.6. The van der Waals surface area contributed by atoms with Gasteiger partial charge in [0.25, 0.3) is 5.91 Å². The minimum absolute atomic E-state index is 0.173. The summed E-state index contributed by atoms with van der Waals surface area (Å²) in [6.45, 7) is 8.29. The Kier molecular flexibility index (Phi) is 9.95. The molecule has 174 valence electrons. The van der Waals surface area contributed by atoms with Gasteiger partial charge in [0.05, 0.1) is 12.8 Å². The number of halogens is 1. The van der Waals surface area contributed by atoms with Crippen LogP contribution in [0.2, 0.25) is 5.02 Å². The Hall–Kier alpha value is -3.31. The number of benzene rings is 2. The van der Waals surface area contributed by atoms with Gasteiger partial charge in [-0.1, -0.05) is 74.0 Å². The summed E-state index contributed by atoms with van der Waals surface area (Å²) in [5, 5.41) is 5.43. The Labute approximate surface area is 201 Å². The summed E-state index contributed by atoms with van der Waals surface area (Å²) in [5.41, 5.74) is 3.65. The van der Waals surface area contributed by atoms with Crippen molar-refractivity contribution in [1.82, 2.24) is 14.7 Å². The summed E-state index contributed by atoms with van der Waals surface area (Å²) in [5.74, 6) is 0.228. The third kappa shape index (κ3) is 6.14.